The predicted molar refractivity (Wildman–Crippen MR) is 149 cm³/mol. The Morgan fingerprint density at radius 3 is 1.49 bits per heavy atom. The van der Waals surface area contributed by atoms with Crippen molar-refractivity contribution in [2.75, 3.05) is 11.5 Å². The number of rotatable bonds is 6. The SMILES string of the molecule is CC1(C)COB(c2ccc(N(c3ccc(C=O)cc3)c3ccc(B4OC(C)(C)C(C)(C)O4)cc3)cc2)O1. The molecule has 2 aliphatic heterocycles. The second kappa shape index (κ2) is 9.44. The van der Waals surface area contributed by atoms with Crippen molar-refractivity contribution in [2.24, 2.45) is 0 Å². The first kappa shape index (κ1) is 25.7. The fourth-order valence-electron chi connectivity index (χ4n) is 4.49. The predicted octanol–water partition coefficient (Wildman–Crippen LogP) is 4.79. The quantitative estimate of drug-likeness (QED) is 0.361. The number of aldehydes is 1. The molecule has 0 atom stereocenters. The van der Waals surface area contributed by atoms with Crippen LogP contribution in [0, 0.1) is 0 Å². The van der Waals surface area contributed by atoms with Crippen molar-refractivity contribution in [3.05, 3.63) is 78.4 Å². The van der Waals surface area contributed by atoms with Crippen LogP contribution in [0.5, 0.6) is 0 Å². The number of benzene rings is 3. The molecule has 5 rings (SSSR count). The van der Waals surface area contributed by atoms with Crippen LogP contribution < -0.4 is 15.8 Å². The molecule has 37 heavy (non-hydrogen) atoms. The van der Waals surface area contributed by atoms with E-state index in [1.165, 1.54) is 0 Å². The smallest absolute Gasteiger partial charge is 0.404 e. The normalized spacial score (nSPS) is 19.7. The van der Waals surface area contributed by atoms with Gasteiger partial charge in [0.1, 0.15) is 6.29 Å². The Labute approximate surface area is 220 Å². The summed E-state index contributed by atoms with van der Waals surface area (Å²) in [6.07, 6.45) is 0.853. The van der Waals surface area contributed by atoms with Crippen molar-refractivity contribution < 1.29 is 23.4 Å². The average molecular weight is 497 g/mol. The van der Waals surface area contributed by atoms with E-state index < -0.39 is 18.3 Å². The monoisotopic (exact) mass is 497 g/mol. The van der Waals surface area contributed by atoms with Gasteiger partial charge in [-0.2, -0.15) is 0 Å². The van der Waals surface area contributed by atoms with Crippen LogP contribution in [0.3, 0.4) is 0 Å². The molecule has 2 fully saturated rings. The number of anilines is 3. The van der Waals surface area contributed by atoms with Crippen molar-refractivity contribution in [1.82, 2.24) is 0 Å². The first-order chi connectivity index (χ1) is 17.5. The summed E-state index contributed by atoms with van der Waals surface area (Å²) < 4.78 is 24.3. The lowest BCUT2D eigenvalue weighted by Gasteiger charge is -2.32. The second-order valence-corrected chi connectivity index (χ2v) is 11.3. The maximum Gasteiger partial charge on any atom is 0.494 e. The molecule has 2 saturated heterocycles. The van der Waals surface area contributed by atoms with Gasteiger partial charge in [-0.15, -0.1) is 0 Å². The summed E-state index contributed by atoms with van der Waals surface area (Å²) in [7, 11) is -0.794. The lowest BCUT2D eigenvalue weighted by Crippen LogP contribution is -2.41. The summed E-state index contributed by atoms with van der Waals surface area (Å²) in [6, 6.07) is 23.9. The third-order valence-corrected chi connectivity index (χ3v) is 7.40. The minimum absolute atomic E-state index is 0.297. The second-order valence-electron chi connectivity index (χ2n) is 11.3. The van der Waals surface area contributed by atoms with Crippen LogP contribution in [-0.2, 0) is 18.6 Å². The van der Waals surface area contributed by atoms with Gasteiger partial charge >= 0.3 is 14.2 Å². The Balaban J connectivity index is 1.45. The van der Waals surface area contributed by atoms with Gasteiger partial charge < -0.3 is 23.5 Å². The molecule has 6 nitrogen and oxygen atoms in total. The van der Waals surface area contributed by atoms with Crippen LogP contribution in [0.1, 0.15) is 51.9 Å². The highest BCUT2D eigenvalue weighted by Gasteiger charge is 2.51. The van der Waals surface area contributed by atoms with Gasteiger partial charge in [0, 0.05) is 22.6 Å². The van der Waals surface area contributed by atoms with Crippen molar-refractivity contribution in [3.8, 4) is 0 Å². The lowest BCUT2D eigenvalue weighted by molar-refractivity contribution is 0.00578. The average Bonchev–Trinajstić information content (AvgIpc) is 3.34. The minimum atomic E-state index is -0.422. The van der Waals surface area contributed by atoms with E-state index in [9.17, 15) is 4.79 Å². The number of carbonyl (C=O) groups excluding carboxylic acids is 1. The summed E-state index contributed by atoms with van der Waals surface area (Å²) in [5, 5.41) is 0. The molecule has 0 unspecified atom stereocenters. The van der Waals surface area contributed by atoms with Gasteiger partial charge in [-0.1, -0.05) is 24.3 Å². The van der Waals surface area contributed by atoms with Gasteiger partial charge in [0.15, 0.2) is 0 Å². The third-order valence-electron chi connectivity index (χ3n) is 7.40. The van der Waals surface area contributed by atoms with Gasteiger partial charge in [0.05, 0.1) is 23.4 Å². The highest BCUT2D eigenvalue weighted by molar-refractivity contribution is 6.62. The van der Waals surface area contributed by atoms with Crippen LogP contribution >= 0.6 is 0 Å². The highest BCUT2D eigenvalue weighted by atomic mass is 16.7. The van der Waals surface area contributed by atoms with E-state index in [4.69, 9.17) is 18.6 Å². The maximum absolute atomic E-state index is 11.2. The van der Waals surface area contributed by atoms with Crippen molar-refractivity contribution >= 4 is 48.5 Å². The molecule has 0 N–H and O–H groups in total. The number of hydrogen-bond acceptors (Lipinski definition) is 6. The standard InChI is InChI=1S/C29H33B2NO5/c1-27(2)20-34-30(35-27)22-9-15-25(16-10-22)32(24-13-7-21(19-33)8-14-24)26-17-11-23(12-18-26)31-36-28(3,4)29(5,6)37-31/h7-19H,20H2,1-6H3. The molecule has 0 bridgehead atoms. The van der Waals surface area contributed by atoms with Crippen LogP contribution in [0.15, 0.2) is 72.8 Å². The molecule has 2 aliphatic rings. The number of nitrogens with zero attached hydrogens (tertiary/aromatic N) is 1. The molecular formula is C29H33B2NO5. The summed E-state index contributed by atoms with van der Waals surface area (Å²) in [4.78, 5) is 13.4. The molecular weight excluding hydrogens is 464 g/mol. The molecule has 3 aromatic rings. The van der Waals surface area contributed by atoms with Gasteiger partial charge in [-0.3, -0.25) is 4.79 Å². The molecule has 190 valence electrons. The molecule has 8 heteroatoms. The highest BCUT2D eigenvalue weighted by Crippen LogP contribution is 2.37. The zero-order chi connectivity index (χ0) is 26.4. The van der Waals surface area contributed by atoms with E-state index in [2.05, 4.69) is 56.9 Å². The number of carbonyl (C=O) groups is 1. The van der Waals surface area contributed by atoms with Gasteiger partial charge in [0.25, 0.3) is 0 Å². The first-order valence-corrected chi connectivity index (χ1v) is 12.7. The Morgan fingerprint density at radius 2 is 1.08 bits per heavy atom. The van der Waals surface area contributed by atoms with Gasteiger partial charge in [-0.05, 0) is 101 Å². The van der Waals surface area contributed by atoms with Gasteiger partial charge in [-0.25, -0.2) is 0 Å². The molecule has 0 saturated carbocycles. The van der Waals surface area contributed by atoms with E-state index in [0.717, 1.165) is 34.3 Å². The molecule has 0 radical (unpaired) electrons. The van der Waals surface area contributed by atoms with E-state index in [1.807, 2.05) is 62.4 Å². The van der Waals surface area contributed by atoms with Crippen LogP contribution in [0.4, 0.5) is 17.1 Å². The molecule has 0 spiro atoms. The third kappa shape index (κ3) is 5.12. The zero-order valence-electron chi connectivity index (χ0n) is 22.4. The minimum Gasteiger partial charge on any atom is -0.404 e. The summed E-state index contributed by atoms with van der Waals surface area (Å²) in [5.74, 6) is 0. The maximum atomic E-state index is 11.2. The van der Waals surface area contributed by atoms with E-state index in [1.54, 1.807) is 0 Å². The van der Waals surface area contributed by atoms with E-state index in [-0.39, 0.29) is 12.7 Å². The van der Waals surface area contributed by atoms with Gasteiger partial charge in [0.2, 0.25) is 0 Å². The van der Waals surface area contributed by atoms with Crippen molar-refractivity contribution in [2.45, 2.75) is 58.3 Å². The Hall–Kier alpha value is -2.90. The fourth-order valence-corrected chi connectivity index (χ4v) is 4.49. The van der Waals surface area contributed by atoms with Crippen molar-refractivity contribution in [1.29, 1.82) is 0 Å². The Morgan fingerprint density at radius 1 is 0.649 bits per heavy atom. The molecule has 0 amide bonds. The molecule has 0 aliphatic carbocycles. The lowest BCUT2D eigenvalue weighted by atomic mass is 9.79. The molecule has 3 aromatic carbocycles. The largest absolute Gasteiger partial charge is 0.494 e. The zero-order valence-corrected chi connectivity index (χ0v) is 22.4. The fraction of sp³-hybridized carbons (Fsp3) is 0.345. The summed E-state index contributed by atoms with van der Waals surface area (Å²) in [6.45, 7) is 12.8. The molecule has 0 aromatic heterocycles. The van der Waals surface area contributed by atoms with E-state index >= 15 is 0 Å². The van der Waals surface area contributed by atoms with Crippen LogP contribution in [0.25, 0.3) is 0 Å². The molecule has 2 heterocycles. The van der Waals surface area contributed by atoms with E-state index in [0.29, 0.717) is 12.2 Å². The topological polar surface area (TPSA) is 57.2 Å². The summed E-state index contributed by atoms with van der Waals surface area (Å²) >= 11 is 0. The Bertz CT molecular complexity index is 1240. The van der Waals surface area contributed by atoms with Crippen LogP contribution in [-0.4, -0.2) is 43.9 Å². The van der Waals surface area contributed by atoms with Crippen molar-refractivity contribution in [3.63, 3.8) is 0 Å². The summed E-state index contributed by atoms with van der Waals surface area (Å²) in [5.41, 5.74) is 4.37. The Kier molecular flexibility index (Phi) is 6.57. The number of hydrogen-bond donors (Lipinski definition) is 0. The first-order valence-electron chi connectivity index (χ1n) is 12.7. The van der Waals surface area contributed by atoms with Crippen LogP contribution in [0.2, 0.25) is 0 Å².